The van der Waals surface area contributed by atoms with Gasteiger partial charge >= 0.3 is 0 Å². The minimum atomic E-state index is 0. The van der Waals surface area contributed by atoms with Crippen LogP contribution in [0.5, 0.6) is 0 Å². The first-order chi connectivity index (χ1) is 6.91. The summed E-state index contributed by atoms with van der Waals surface area (Å²) in [5.74, 6) is 0. The van der Waals surface area contributed by atoms with Gasteiger partial charge in [0.2, 0.25) is 0 Å². The van der Waals surface area contributed by atoms with Gasteiger partial charge in [-0.2, -0.15) is 0 Å². The largest absolute Gasteiger partial charge is 0.381 e. The Morgan fingerprint density at radius 2 is 0.875 bits per heavy atom. The van der Waals surface area contributed by atoms with Gasteiger partial charge in [0.1, 0.15) is 0 Å². The maximum Gasteiger partial charge on any atom is 0.0478 e. The van der Waals surface area contributed by atoms with Crippen molar-refractivity contribution in [2.75, 3.05) is 39.5 Å². The Hall–Kier alpha value is -0.240. The van der Waals surface area contributed by atoms with Crippen molar-refractivity contribution in [3.05, 3.63) is 0 Å². The summed E-state index contributed by atoms with van der Waals surface area (Å²) in [6.45, 7) is 4.62. The third-order valence-electron chi connectivity index (χ3n) is 1.81. The lowest BCUT2D eigenvalue weighted by Gasteiger charge is -2.04. The lowest BCUT2D eigenvalue weighted by atomic mass is 10.3. The highest BCUT2D eigenvalue weighted by Gasteiger charge is 1.90. The smallest absolute Gasteiger partial charge is 0.0478 e. The summed E-state index contributed by atoms with van der Waals surface area (Å²) in [6, 6.07) is 0. The predicted octanol–water partition coefficient (Wildman–Crippen LogP) is 0.821. The van der Waals surface area contributed by atoms with E-state index < -0.39 is 0 Å². The molecule has 0 heterocycles. The van der Waals surface area contributed by atoms with E-state index in [0.29, 0.717) is 13.1 Å². The molecule has 0 aliphatic carbocycles. The molecule has 10 N–H and O–H groups in total. The summed E-state index contributed by atoms with van der Waals surface area (Å²) < 4.78 is 10.7. The van der Waals surface area contributed by atoms with Crippen molar-refractivity contribution in [2.24, 2.45) is 11.5 Å². The minimum Gasteiger partial charge on any atom is -0.381 e. The van der Waals surface area contributed by atoms with Crippen molar-refractivity contribution in [3.8, 4) is 0 Å². The molecule has 0 unspecified atom stereocenters. The molecule has 0 aromatic carbocycles. The number of hydrogen-bond acceptors (Lipinski definition) is 6. The molecule has 0 amide bonds. The van der Waals surface area contributed by atoms with Crippen LogP contribution in [0.15, 0.2) is 0 Å². The van der Waals surface area contributed by atoms with Gasteiger partial charge in [0.15, 0.2) is 0 Å². The van der Waals surface area contributed by atoms with Crippen LogP contribution in [0.25, 0.3) is 0 Å². The third kappa shape index (κ3) is 19.4. The van der Waals surface area contributed by atoms with Crippen LogP contribution in [-0.2, 0) is 9.47 Å². The van der Waals surface area contributed by atoms with Gasteiger partial charge in [-0.3, -0.25) is 0 Å². The molecule has 0 spiro atoms. The lowest BCUT2D eigenvalue weighted by molar-refractivity contribution is 0.102. The van der Waals surface area contributed by atoms with Crippen LogP contribution in [0.2, 0.25) is 0 Å². The van der Waals surface area contributed by atoms with Crippen LogP contribution in [0.3, 0.4) is 0 Å². The normalized spacial score (nSPS) is 9.38. The summed E-state index contributed by atoms with van der Waals surface area (Å²) in [5, 5.41) is 0. The first kappa shape index (κ1) is 21.1. The van der Waals surface area contributed by atoms with Crippen LogP contribution in [0, 0.1) is 0 Å². The molecule has 0 aliphatic heterocycles. The van der Waals surface area contributed by atoms with Crippen molar-refractivity contribution >= 4 is 0 Å². The Balaban J connectivity index is -0.000000845. The molecule has 16 heavy (non-hydrogen) atoms. The molecular formula is C10H30N4O2. The van der Waals surface area contributed by atoms with Crippen molar-refractivity contribution in [3.63, 3.8) is 0 Å². The first-order valence-corrected chi connectivity index (χ1v) is 5.47. The van der Waals surface area contributed by atoms with Gasteiger partial charge < -0.3 is 33.2 Å². The number of nitrogens with two attached hydrogens (primary N) is 2. The monoisotopic (exact) mass is 238 g/mol. The summed E-state index contributed by atoms with van der Waals surface area (Å²) in [7, 11) is 0. The third-order valence-corrected chi connectivity index (χ3v) is 1.81. The molecule has 0 radical (unpaired) electrons. The van der Waals surface area contributed by atoms with Gasteiger partial charge in [-0.1, -0.05) is 0 Å². The Morgan fingerprint density at radius 3 is 1.19 bits per heavy atom. The van der Waals surface area contributed by atoms with E-state index in [9.17, 15) is 0 Å². The van der Waals surface area contributed by atoms with E-state index >= 15 is 0 Å². The maximum atomic E-state index is 5.35. The zero-order valence-corrected chi connectivity index (χ0v) is 10.5. The standard InChI is InChI=1S/C10H24N2O2.2H3N/c11-5-3-9-13-7-1-2-8-14-10-4-6-12;;/h1-12H2;2*1H3. The van der Waals surface area contributed by atoms with Crippen LogP contribution < -0.4 is 23.8 Å². The fourth-order valence-electron chi connectivity index (χ4n) is 0.983. The van der Waals surface area contributed by atoms with Crippen molar-refractivity contribution in [2.45, 2.75) is 25.7 Å². The van der Waals surface area contributed by atoms with E-state index in [2.05, 4.69) is 0 Å². The van der Waals surface area contributed by atoms with E-state index in [1.807, 2.05) is 0 Å². The fraction of sp³-hybridized carbons (Fsp3) is 1.00. The summed E-state index contributed by atoms with van der Waals surface area (Å²) in [6.07, 6.45) is 4.03. The Bertz CT molecular complexity index is 94.8. The molecular weight excluding hydrogens is 208 g/mol. The van der Waals surface area contributed by atoms with Gasteiger partial charge in [0, 0.05) is 26.4 Å². The highest BCUT2D eigenvalue weighted by molar-refractivity contribution is 4.41. The molecule has 0 aromatic rings. The maximum absolute atomic E-state index is 5.35. The number of ether oxygens (including phenoxy) is 2. The van der Waals surface area contributed by atoms with Crippen molar-refractivity contribution in [1.82, 2.24) is 12.3 Å². The van der Waals surface area contributed by atoms with Gasteiger partial charge in [-0.15, -0.1) is 0 Å². The molecule has 6 nitrogen and oxygen atoms in total. The summed E-state index contributed by atoms with van der Waals surface area (Å²) in [5.41, 5.74) is 10.7. The van der Waals surface area contributed by atoms with Crippen molar-refractivity contribution in [1.29, 1.82) is 0 Å². The Morgan fingerprint density at radius 1 is 0.562 bits per heavy atom. The quantitative estimate of drug-likeness (QED) is 0.393. The molecule has 102 valence electrons. The highest BCUT2D eigenvalue weighted by atomic mass is 16.5. The second kappa shape index (κ2) is 20.2. The molecule has 0 bridgehead atoms. The lowest BCUT2D eigenvalue weighted by Crippen LogP contribution is -2.07. The van der Waals surface area contributed by atoms with E-state index in [1.165, 1.54) is 0 Å². The Labute approximate surface area is 99.2 Å². The van der Waals surface area contributed by atoms with Crippen LogP contribution >= 0.6 is 0 Å². The molecule has 0 atom stereocenters. The molecule has 0 aromatic heterocycles. The second-order valence-electron chi connectivity index (χ2n) is 3.22. The Kier molecular flexibility index (Phi) is 26.6. The molecule has 0 saturated carbocycles. The SMILES string of the molecule is N.N.NCCCOCCCCOCCCN. The highest BCUT2D eigenvalue weighted by Crippen LogP contribution is 1.92. The number of unbranched alkanes of at least 4 members (excludes halogenated alkanes) is 1. The first-order valence-electron chi connectivity index (χ1n) is 5.47. The number of rotatable bonds is 11. The molecule has 0 aliphatic rings. The van der Waals surface area contributed by atoms with E-state index in [1.54, 1.807) is 0 Å². The predicted molar refractivity (Wildman–Crippen MR) is 68.3 cm³/mol. The minimum absolute atomic E-state index is 0. The summed E-state index contributed by atoms with van der Waals surface area (Å²) in [4.78, 5) is 0. The van der Waals surface area contributed by atoms with E-state index in [-0.39, 0.29) is 12.3 Å². The summed E-state index contributed by atoms with van der Waals surface area (Å²) >= 11 is 0. The molecule has 6 heteroatoms. The molecule has 0 saturated heterocycles. The van der Waals surface area contributed by atoms with Crippen molar-refractivity contribution < 1.29 is 9.47 Å². The van der Waals surface area contributed by atoms with Gasteiger partial charge in [0.25, 0.3) is 0 Å². The van der Waals surface area contributed by atoms with Crippen LogP contribution in [-0.4, -0.2) is 39.5 Å². The average molecular weight is 238 g/mol. The second-order valence-corrected chi connectivity index (χ2v) is 3.22. The van der Waals surface area contributed by atoms with Crippen LogP contribution in [0.4, 0.5) is 0 Å². The van der Waals surface area contributed by atoms with Gasteiger partial charge in [0.05, 0.1) is 0 Å². The molecule has 0 rings (SSSR count). The topological polar surface area (TPSA) is 140 Å². The van der Waals surface area contributed by atoms with Crippen LogP contribution in [0.1, 0.15) is 25.7 Å². The fourth-order valence-corrected chi connectivity index (χ4v) is 0.983. The zero-order valence-electron chi connectivity index (χ0n) is 10.5. The molecule has 0 fully saturated rings. The van der Waals surface area contributed by atoms with E-state index in [0.717, 1.165) is 52.1 Å². The van der Waals surface area contributed by atoms with E-state index in [4.69, 9.17) is 20.9 Å². The zero-order chi connectivity index (χ0) is 10.5. The average Bonchev–Trinajstić information content (AvgIpc) is 2.21. The van der Waals surface area contributed by atoms with Gasteiger partial charge in [-0.25, -0.2) is 0 Å². The van der Waals surface area contributed by atoms with Gasteiger partial charge in [-0.05, 0) is 38.8 Å². The number of hydrogen-bond donors (Lipinski definition) is 4.